The number of thioether (sulfide) groups is 1. The van der Waals surface area contributed by atoms with Crippen molar-refractivity contribution in [1.29, 1.82) is 0 Å². The number of anilines is 2. The molecule has 2 aromatic heterocycles. The molecule has 1 aliphatic heterocycles. The Hall–Kier alpha value is -2.61. The molecule has 3 heterocycles. The summed E-state index contributed by atoms with van der Waals surface area (Å²) in [5, 5.41) is 11.6. The highest BCUT2D eigenvalue weighted by Crippen LogP contribution is 2.22. The Morgan fingerprint density at radius 2 is 1.92 bits per heavy atom. The van der Waals surface area contributed by atoms with Crippen LogP contribution in [0.4, 0.5) is 11.4 Å². The van der Waals surface area contributed by atoms with Gasteiger partial charge in [0.25, 0.3) is 5.78 Å². The van der Waals surface area contributed by atoms with Crippen molar-refractivity contribution in [3.8, 4) is 0 Å². The van der Waals surface area contributed by atoms with E-state index in [1.807, 2.05) is 24.4 Å². The van der Waals surface area contributed by atoms with Gasteiger partial charge < -0.3 is 10.2 Å². The molecule has 1 aromatic carbocycles. The fourth-order valence-electron chi connectivity index (χ4n) is 3.06. The molecule has 0 atom stereocenters. The highest BCUT2D eigenvalue weighted by atomic mass is 32.2. The van der Waals surface area contributed by atoms with Gasteiger partial charge in [-0.05, 0) is 49.6 Å². The number of nitrogens with one attached hydrogen (secondary N) is 1. The number of fused-ring (bicyclic) bond motifs is 1. The van der Waals surface area contributed by atoms with E-state index in [1.54, 1.807) is 10.6 Å². The van der Waals surface area contributed by atoms with Gasteiger partial charge in [-0.15, -0.1) is 10.2 Å². The van der Waals surface area contributed by atoms with Crippen LogP contribution in [0.1, 0.15) is 19.3 Å². The first-order valence-corrected chi connectivity index (χ1v) is 9.71. The van der Waals surface area contributed by atoms with E-state index in [1.165, 1.54) is 36.7 Å². The Kier molecular flexibility index (Phi) is 5.01. The van der Waals surface area contributed by atoms with E-state index in [-0.39, 0.29) is 11.7 Å². The Bertz CT molecular complexity index is 888. The fraction of sp³-hybridized carbons (Fsp3) is 0.333. The van der Waals surface area contributed by atoms with Gasteiger partial charge in [0.15, 0.2) is 5.16 Å². The summed E-state index contributed by atoms with van der Waals surface area (Å²) >= 11 is 1.34. The first-order valence-electron chi connectivity index (χ1n) is 8.73. The summed E-state index contributed by atoms with van der Waals surface area (Å²) in [6.07, 6.45) is 7.32. The largest absolute Gasteiger partial charge is 0.372 e. The molecule has 0 radical (unpaired) electrons. The van der Waals surface area contributed by atoms with E-state index in [0.717, 1.165) is 18.8 Å². The lowest BCUT2D eigenvalue weighted by Gasteiger charge is -2.28. The lowest BCUT2D eigenvalue weighted by molar-refractivity contribution is -0.113. The molecule has 8 heteroatoms. The maximum absolute atomic E-state index is 12.2. The maximum Gasteiger partial charge on any atom is 0.255 e. The molecular weight excluding hydrogens is 348 g/mol. The SMILES string of the molecule is O=C(CSc1nnc2ncccn12)Nc1ccc(N2CCCCC2)cc1. The van der Waals surface area contributed by atoms with E-state index in [2.05, 4.69) is 37.5 Å². The number of hydrogen-bond acceptors (Lipinski definition) is 6. The summed E-state index contributed by atoms with van der Waals surface area (Å²) in [5.41, 5.74) is 2.03. The summed E-state index contributed by atoms with van der Waals surface area (Å²) in [5.74, 6) is 0.730. The third-order valence-electron chi connectivity index (χ3n) is 4.36. The van der Waals surface area contributed by atoms with Gasteiger partial charge in [0.1, 0.15) is 0 Å². The molecule has 1 aliphatic rings. The van der Waals surface area contributed by atoms with Crippen molar-refractivity contribution in [2.75, 3.05) is 29.1 Å². The minimum atomic E-state index is -0.0682. The van der Waals surface area contributed by atoms with Gasteiger partial charge in [0.2, 0.25) is 5.91 Å². The van der Waals surface area contributed by atoms with Gasteiger partial charge in [-0.25, -0.2) is 4.98 Å². The number of amides is 1. The summed E-state index contributed by atoms with van der Waals surface area (Å²) < 4.78 is 1.77. The minimum Gasteiger partial charge on any atom is -0.372 e. The van der Waals surface area contributed by atoms with Crippen LogP contribution in [0.5, 0.6) is 0 Å². The molecule has 26 heavy (non-hydrogen) atoms. The Morgan fingerprint density at radius 3 is 2.73 bits per heavy atom. The predicted molar refractivity (Wildman–Crippen MR) is 103 cm³/mol. The van der Waals surface area contributed by atoms with Gasteiger partial charge in [0, 0.05) is 36.9 Å². The van der Waals surface area contributed by atoms with Crippen molar-refractivity contribution >= 4 is 34.8 Å². The lowest BCUT2D eigenvalue weighted by atomic mass is 10.1. The number of piperidine rings is 1. The topological polar surface area (TPSA) is 75.4 Å². The standard InChI is InChI=1S/C18H20N6OS/c25-16(13-26-18-22-21-17-19-9-4-12-24(17)18)20-14-5-7-15(8-6-14)23-10-2-1-3-11-23/h4-9,12H,1-3,10-11,13H2,(H,20,25). The van der Waals surface area contributed by atoms with Crippen molar-refractivity contribution in [2.45, 2.75) is 24.4 Å². The first-order chi connectivity index (χ1) is 12.8. The van der Waals surface area contributed by atoms with E-state index in [4.69, 9.17) is 0 Å². The molecule has 3 aromatic rings. The number of carbonyl (C=O) groups is 1. The third-order valence-corrected chi connectivity index (χ3v) is 5.31. The van der Waals surface area contributed by atoms with Crippen LogP contribution in [0.2, 0.25) is 0 Å². The van der Waals surface area contributed by atoms with E-state index in [9.17, 15) is 4.79 Å². The second-order valence-corrected chi connectivity index (χ2v) is 7.15. The molecule has 0 unspecified atom stereocenters. The summed E-state index contributed by atoms with van der Waals surface area (Å²) in [7, 11) is 0. The van der Waals surface area contributed by atoms with Crippen LogP contribution in [-0.2, 0) is 4.79 Å². The Labute approximate surface area is 155 Å². The number of carbonyl (C=O) groups excluding carboxylic acids is 1. The normalized spacial score (nSPS) is 14.5. The molecule has 1 fully saturated rings. The Morgan fingerprint density at radius 1 is 1.12 bits per heavy atom. The Balaban J connectivity index is 1.33. The smallest absolute Gasteiger partial charge is 0.255 e. The van der Waals surface area contributed by atoms with Crippen LogP contribution in [0.15, 0.2) is 47.9 Å². The minimum absolute atomic E-state index is 0.0682. The second-order valence-electron chi connectivity index (χ2n) is 6.20. The molecule has 0 spiro atoms. The van der Waals surface area contributed by atoms with Crippen molar-refractivity contribution in [1.82, 2.24) is 19.6 Å². The van der Waals surface area contributed by atoms with Crippen LogP contribution in [0, 0.1) is 0 Å². The van der Waals surface area contributed by atoms with E-state index in [0.29, 0.717) is 10.9 Å². The molecule has 0 bridgehead atoms. The molecule has 0 aliphatic carbocycles. The second kappa shape index (κ2) is 7.74. The van der Waals surface area contributed by atoms with Crippen LogP contribution in [0.25, 0.3) is 5.78 Å². The average Bonchev–Trinajstić information content (AvgIpc) is 3.11. The molecule has 134 valence electrons. The molecule has 0 saturated carbocycles. The number of aromatic nitrogens is 4. The van der Waals surface area contributed by atoms with Gasteiger partial charge in [-0.2, -0.15) is 0 Å². The fourth-order valence-corrected chi connectivity index (χ4v) is 3.77. The lowest BCUT2D eigenvalue weighted by Crippen LogP contribution is -2.29. The summed E-state index contributed by atoms with van der Waals surface area (Å²) in [6.45, 7) is 2.23. The highest BCUT2D eigenvalue weighted by Gasteiger charge is 2.12. The molecule has 4 rings (SSSR count). The number of rotatable bonds is 5. The van der Waals surface area contributed by atoms with Crippen molar-refractivity contribution < 1.29 is 4.79 Å². The monoisotopic (exact) mass is 368 g/mol. The molecule has 1 saturated heterocycles. The molecule has 1 N–H and O–H groups in total. The molecule has 1 amide bonds. The van der Waals surface area contributed by atoms with Gasteiger partial charge in [-0.3, -0.25) is 9.20 Å². The average molecular weight is 368 g/mol. The highest BCUT2D eigenvalue weighted by molar-refractivity contribution is 7.99. The summed E-state index contributed by atoms with van der Waals surface area (Å²) in [4.78, 5) is 18.7. The predicted octanol–water partition coefficient (Wildman–Crippen LogP) is 2.85. The third kappa shape index (κ3) is 3.80. The molecular formula is C18H20N6OS. The van der Waals surface area contributed by atoms with E-state index >= 15 is 0 Å². The van der Waals surface area contributed by atoms with Crippen LogP contribution < -0.4 is 10.2 Å². The van der Waals surface area contributed by atoms with Crippen LogP contribution >= 0.6 is 11.8 Å². The van der Waals surface area contributed by atoms with Crippen molar-refractivity contribution in [3.05, 3.63) is 42.7 Å². The maximum atomic E-state index is 12.2. The van der Waals surface area contributed by atoms with Gasteiger partial charge in [-0.1, -0.05) is 11.8 Å². The zero-order valence-corrected chi connectivity index (χ0v) is 15.2. The van der Waals surface area contributed by atoms with Crippen LogP contribution in [-0.4, -0.2) is 44.3 Å². The number of nitrogens with zero attached hydrogens (tertiary/aromatic N) is 5. The quantitative estimate of drug-likeness (QED) is 0.698. The zero-order chi connectivity index (χ0) is 17.8. The van der Waals surface area contributed by atoms with Crippen LogP contribution in [0.3, 0.4) is 0 Å². The zero-order valence-electron chi connectivity index (χ0n) is 14.3. The van der Waals surface area contributed by atoms with Crippen molar-refractivity contribution in [2.24, 2.45) is 0 Å². The molecule has 7 nitrogen and oxygen atoms in total. The van der Waals surface area contributed by atoms with Gasteiger partial charge in [0.05, 0.1) is 5.75 Å². The van der Waals surface area contributed by atoms with Crippen molar-refractivity contribution in [3.63, 3.8) is 0 Å². The van der Waals surface area contributed by atoms with E-state index < -0.39 is 0 Å². The van der Waals surface area contributed by atoms with Gasteiger partial charge >= 0.3 is 0 Å². The number of hydrogen-bond donors (Lipinski definition) is 1. The number of benzene rings is 1. The first kappa shape index (κ1) is 16.8. The summed E-state index contributed by atoms with van der Waals surface area (Å²) in [6, 6.07) is 9.88.